The Morgan fingerprint density at radius 2 is 1.81 bits per heavy atom. The standard InChI is InChI=1S/C17H24N4O5/c1-11-12(15(23)19-17(25)18-11)10-14(22)20-5-3-6-21(8-7-20)16(24)13-4-2-9-26-13/h13H,2-10H2,1H3,(H2,18,19,23,25). The van der Waals surface area contributed by atoms with Crippen LogP contribution in [-0.4, -0.2) is 70.5 Å². The largest absolute Gasteiger partial charge is 0.368 e. The molecule has 0 bridgehead atoms. The molecule has 2 N–H and O–H groups in total. The number of carbonyl (C=O) groups excluding carboxylic acids is 2. The quantitative estimate of drug-likeness (QED) is 0.725. The highest BCUT2D eigenvalue weighted by molar-refractivity contribution is 5.82. The van der Waals surface area contributed by atoms with Gasteiger partial charge in [0.25, 0.3) is 11.5 Å². The molecule has 9 nitrogen and oxygen atoms in total. The van der Waals surface area contributed by atoms with Crippen LogP contribution >= 0.6 is 0 Å². The molecule has 2 fully saturated rings. The highest BCUT2D eigenvalue weighted by Crippen LogP contribution is 2.16. The van der Waals surface area contributed by atoms with Crippen molar-refractivity contribution >= 4 is 11.8 Å². The van der Waals surface area contributed by atoms with E-state index in [-0.39, 0.29) is 29.9 Å². The zero-order chi connectivity index (χ0) is 18.7. The van der Waals surface area contributed by atoms with Crippen molar-refractivity contribution in [3.8, 4) is 0 Å². The van der Waals surface area contributed by atoms with E-state index in [0.717, 1.165) is 12.8 Å². The second-order valence-corrected chi connectivity index (χ2v) is 6.75. The van der Waals surface area contributed by atoms with Gasteiger partial charge in [0.15, 0.2) is 0 Å². The van der Waals surface area contributed by atoms with Gasteiger partial charge in [-0.3, -0.25) is 19.4 Å². The van der Waals surface area contributed by atoms with Crippen LogP contribution in [0.15, 0.2) is 9.59 Å². The molecule has 26 heavy (non-hydrogen) atoms. The van der Waals surface area contributed by atoms with E-state index in [0.29, 0.717) is 44.9 Å². The summed E-state index contributed by atoms with van der Waals surface area (Å²) in [6.45, 7) is 4.25. The van der Waals surface area contributed by atoms with Crippen LogP contribution < -0.4 is 11.2 Å². The van der Waals surface area contributed by atoms with Gasteiger partial charge < -0.3 is 19.5 Å². The number of hydrogen-bond donors (Lipinski definition) is 2. The Bertz CT molecular complexity index is 793. The minimum Gasteiger partial charge on any atom is -0.368 e. The van der Waals surface area contributed by atoms with E-state index < -0.39 is 11.2 Å². The fourth-order valence-electron chi connectivity index (χ4n) is 3.47. The second-order valence-electron chi connectivity index (χ2n) is 6.75. The molecule has 0 aromatic carbocycles. The van der Waals surface area contributed by atoms with Gasteiger partial charge in [-0.2, -0.15) is 0 Å². The summed E-state index contributed by atoms with van der Waals surface area (Å²) in [6, 6.07) is 0. The molecule has 9 heteroatoms. The van der Waals surface area contributed by atoms with E-state index in [4.69, 9.17) is 4.74 Å². The molecule has 1 aromatic rings. The first-order valence-electron chi connectivity index (χ1n) is 8.96. The van der Waals surface area contributed by atoms with E-state index in [2.05, 4.69) is 9.97 Å². The molecule has 3 rings (SSSR count). The van der Waals surface area contributed by atoms with E-state index in [1.807, 2.05) is 0 Å². The Hall–Kier alpha value is -2.42. The lowest BCUT2D eigenvalue weighted by Crippen LogP contribution is -2.42. The molecule has 1 atom stereocenters. The Morgan fingerprint density at radius 1 is 1.08 bits per heavy atom. The first-order valence-corrected chi connectivity index (χ1v) is 8.96. The maximum Gasteiger partial charge on any atom is 0.325 e. The molecule has 2 amide bonds. The predicted molar refractivity (Wildman–Crippen MR) is 92.9 cm³/mol. The summed E-state index contributed by atoms with van der Waals surface area (Å²) in [5, 5.41) is 0. The maximum atomic E-state index is 12.6. The van der Waals surface area contributed by atoms with Crippen LogP contribution in [0.3, 0.4) is 0 Å². The topological polar surface area (TPSA) is 116 Å². The third kappa shape index (κ3) is 4.04. The van der Waals surface area contributed by atoms with Gasteiger partial charge in [0.05, 0.1) is 6.42 Å². The SMILES string of the molecule is Cc1[nH]c(=O)[nH]c(=O)c1CC(=O)N1CCCN(C(=O)C2CCCO2)CC1. The fourth-order valence-corrected chi connectivity index (χ4v) is 3.47. The summed E-state index contributed by atoms with van der Waals surface area (Å²) in [4.78, 5) is 56.3. The van der Waals surface area contributed by atoms with Crippen molar-refractivity contribution in [2.24, 2.45) is 0 Å². The second kappa shape index (κ2) is 7.86. The number of H-pyrrole nitrogens is 2. The lowest BCUT2D eigenvalue weighted by atomic mass is 10.1. The van der Waals surface area contributed by atoms with Gasteiger partial charge in [-0.1, -0.05) is 0 Å². The van der Waals surface area contributed by atoms with Gasteiger partial charge in [-0.05, 0) is 26.2 Å². The Morgan fingerprint density at radius 3 is 2.50 bits per heavy atom. The fraction of sp³-hybridized carbons (Fsp3) is 0.647. The Balaban J connectivity index is 1.62. The van der Waals surface area contributed by atoms with Gasteiger partial charge in [-0.25, -0.2) is 4.79 Å². The minimum absolute atomic E-state index is 0.00437. The van der Waals surface area contributed by atoms with Gasteiger partial charge >= 0.3 is 5.69 Å². The van der Waals surface area contributed by atoms with Crippen LogP contribution in [0.5, 0.6) is 0 Å². The van der Waals surface area contributed by atoms with Crippen LogP contribution in [0.2, 0.25) is 0 Å². The summed E-state index contributed by atoms with van der Waals surface area (Å²) >= 11 is 0. The molecule has 0 aliphatic carbocycles. The molecule has 1 unspecified atom stereocenters. The highest BCUT2D eigenvalue weighted by Gasteiger charge is 2.30. The Labute approximate surface area is 150 Å². The minimum atomic E-state index is -0.582. The zero-order valence-corrected chi connectivity index (χ0v) is 14.9. The molecular weight excluding hydrogens is 340 g/mol. The molecule has 3 heterocycles. The lowest BCUT2D eigenvalue weighted by Gasteiger charge is -2.24. The van der Waals surface area contributed by atoms with E-state index in [9.17, 15) is 19.2 Å². The van der Waals surface area contributed by atoms with Crippen LogP contribution in [0.25, 0.3) is 0 Å². The number of ether oxygens (including phenoxy) is 1. The molecule has 2 aliphatic heterocycles. The van der Waals surface area contributed by atoms with Crippen molar-refractivity contribution in [3.63, 3.8) is 0 Å². The molecule has 0 radical (unpaired) electrons. The third-order valence-corrected chi connectivity index (χ3v) is 4.95. The highest BCUT2D eigenvalue weighted by atomic mass is 16.5. The van der Waals surface area contributed by atoms with Crippen LogP contribution in [0, 0.1) is 6.92 Å². The van der Waals surface area contributed by atoms with Crippen molar-refractivity contribution in [1.29, 1.82) is 0 Å². The molecule has 0 saturated carbocycles. The predicted octanol–water partition coefficient (Wildman–Crippen LogP) is -0.846. The third-order valence-electron chi connectivity index (χ3n) is 4.95. The summed E-state index contributed by atoms with van der Waals surface area (Å²) in [7, 11) is 0. The van der Waals surface area contributed by atoms with Crippen molar-refractivity contribution in [3.05, 3.63) is 32.1 Å². The first-order chi connectivity index (χ1) is 12.5. The number of aromatic amines is 2. The number of aromatic nitrogens is 2. The average molecular weight is 364 g/mol. The first kappa shape index (κ1) is 18.4. The number of amides is 2. The molecular formula is C17H24N4O5. The number of hydrogen-bond acceptors (Lipinski definition) is 5. The normalized spacial score (nSPS) is 20.9. The van der Waals surface area contributed by atoms with Crippen molar-refractivity contribution in [2.75, 3.05) is 32.8 Å². The Kier molecular flexibility index (Phi) is 5.55. The smallest absolute Gasteiger partial charge is 0.325 e. The van der Waals surface area contributed by atoms with Crippen LogP contribution in [-0.2, 0) is 20.7 Å². The van der Waals surface area contributed by atoms with E-state index in [1.54, 1.807) is 16.7 Å². The molecule has 2 aliphatic rings. The van der Waals surface area contributed by atoms with Crippen LogP contribution in [0.4, 0.5) is 0 Å². The number of carbonyl (C=O) groups is 2. The number of aryl methyl sites for hydroxylation is 1. The maximum absolute atomic E-state index is 12.6. The van der Waals surface area contributed by atoms with Gasteiger partial charge in [0.1, 0.15) is 6.10 Å². The van der Waals surface area contributed by atoms with Gasteiger partial charge in [-0.15, -0.1) is 0 Å². The van der Waals surface area contributed by atoms with Crippen molar-refractivity contribution < 1.29 is 14.3 Å². The van der Waals surface area contributed by atoms with Crippen molar-refractivity contribution in [2.45, 2.75) is 38.7 Å². The van der Waals surface area contributed by atoms with E-state index in [1.165, 1.54) is 0 Å². The summed E-state index contributed by atoms with van der Waals surface area (Å²) in [6.07, 6.45) is 1.93. The summed E-state index contributed by atoms with van der Waals surface area (Å²) in [5.41, 5.74) is -0.449. The average Bonchev–Trinajstić information content (AvgIpc) is 3.01. The monoisotopic (exact) mass is 364 g/mol. The number of nitrogens with zero attached hydrogens (tertiary/aromatic N) is 2. The summed E-state index contributed by atoms with van der Waals surface area (Å²) < 4.78 is 5.46. The molecule has 2 saturated heterocycles. The van der Waals surface area contributed by atoms with E-state index >= 15 is 0 Å². The number of nitrogens with one attached hydrogen (secondary N) is 2. The molecule has 142 valence electrons. The van der Waals surface area contributed by atoms with Crippen molar-refractivity contribution in [1.82, 2.24) is 19.8 Å². The zero-order valence-electron chi connectivity index (χ0n) is 14.9. The van der Waals surface area contributed by atoms with Gasteiger partial charge in [0.2, 0.25) is 5.91 Å². The molecule has 1 aromatic heterocycles. The number of rotatable bonds is 3. The van der Waals surface area contributed by atoms with Crippen LogP contribution in [0.1, 0.15) is 30.5 Å². The van der Waals surface area contributed by atoms with Gasteiger partial charge in [0, 0.05) is 44.0 Å². The lowest BCUT2D eigenvalue weighted by molar-refractivity contribution is -0.141. The molecule has 0 spiro atoms. The summed E-state index contributed by atoms with van der Waals surface area (Å²) in [5.74, 6) is -0.179.